The van der Waals surface area contributed by atoms with Crippen LogP contribution in [0, 0.1) is 6.92 Å². The van der Waals surface area contributed by atoms with Crippen molar-refractivity contribution in [3.8, 4) is 0 Å². The zero-order valence-electron chi connectivity index (χ0n) is 9.90. The first-order valence-electron chi connectivity index (χ1n) is 5.78. The highest BCUT2D eigenvalue weighted by molar-refractivity contribution is 7.99. The van der Waals surface area contributed by atoms with E-state index in [-0.39, 0.29) is 0 Å². The Balaban J connectivity index is 2.20. The Bertz CT molecular complexity index is 414. The zero-order valence-corrected chi connectivity index (χ0v) is 10.7. The highest BCUT2D eigenvalue weighted by Crippen LogP contribution is 2.30. The lowest BCUT2D eigenvalue weighted by atomic mass is 9.95. The van der Waals surface area contributed by atoms with Crippen LogP contribution in [0.2, 0.25) is 0 Å². The molecule has 0 aliphatic carbocycles. The summed E-state index contributed by atoms with van der Waals surface area (Å²) >= 11 is 1.71. The van der Waals surface area contributed by atoms with E-state index in [4.69, 9.17) is 0 Å². The molecule has 1 aromatic rings. The Morgan fingerprint density at radius 1 is 1.53 bits per heavy atom. The Morgan fingerprint density at radius 3 is 2.94 bits per heavy atom. The molecule has 0 spiro atoms. The second kappa shape index (κ2) is 5.00. The van der Waals surface area contributed by atoms with Gasteiger partial charge in [0.1, 0.15) is 5.54 Å². The molecule has 2 N–H and O–H groups in total. The van der Waals surface area contributed by atoms with E-state index in [0.717, 1.165) is 23.4 Å². The summed E-state index contributed by atoms with van der Waals surface area (Å²) in [5.74, 6) is 0.951. The van der Waals surface area contributed by atoms with Crippen LogP contribution in [-0.2, 0) is 4.79 Å². The molecule has 1 heterocycles. The number of benzene rings is 1. The molecule has 0 saturated carbocycles. The van der Waals surface area contributed by atoms with Crippen LogP contribution < -0.4 is 5.32 Å². The summed E-state index contributed by atoms with van der Waals surface area (Å²) in [5, 5.41) is 12.7. The minimum atomic E-state index is -0.795. The number of aliphatic carboxylic acids is 1. The summed E-state index contributed by atoms with van der Waals surface area (Å²) in [6, 6.07) is 7.87. The molecule has 1 atom stereocenters. The molecule has 0 radical (unpaired) electrons. The Labute approximate surface area is 106 Å². The molecule has 1 aliphatic heterocycles. The lowest BCUT2D eigenvalue weighted by Gasteiger charge is -2.34. The molecule has 4 heteroatoms. The van der Waals surface area contributed by atoms with Crippen LogP contribution in [0.1, 0.15) is 18.4 Å². The summed E-state index contributed by atoms with van der Waals surface area (Å²) in [5.41, 5.74) is 1.24. The molecule has 0 amide bonds. The number of rotatable bonds is 3. The molecule has 92 valence electrons. The number of thioether (sulfide) groups is 1. The number of nitrogens with one attached hydrogen (secondary N) is 1. The van der Waals surface area contributed by atoms with Gasteiger partial charge in [0, 0.05) is 11.4 Å². The average molecular weight is 251 g/mol. The van der Waals surface area contributed by atoms with E-state index in [1.807, 2.05) is 31.2 Å². The van der Waals surface area contributed by atoms with Gasteiger partial charge in [-0.15, -0.1) is 0 Å². The van der Waals surface area contributed by atoms with Crippen LogP contribution in [0.25, 0.3) is 0 Å². The fourth-order valence-corrected chi connectivity index (χ4v) is 3.30. The molecule has 0 bridgehead atoms. The number of hydrogen-bond donors (Lipinski definition) is 2. The quantitative estimate of drug-likeness (QED) is 0.867. The van der Waals surface area contributed by atoms with Crippen molar-refractivity contribution in [3.63, 3.8) is 0 Å². The van der Waals surface area contributed by atoms with Crippen molar-refractivity contribution in [1.29, 1.82) is 0 Å². The summed E-state index contributed by atoms with van der Waals surface area (Å²) in [6.45, 7) is 2.01. The number of anilines is 1. The maximum Gasteiger partial charge on any atom is 0.330 e. The summed E-state index contributed by atoms with van der Waals surface area (Å²) in [7, 11) is 0. The van der Waals surface area contributed by atoms with Crippen LogP contribution >= 0.6 is 11.8 Å². The van der Waals surface area contributed by atoms with Crippen molar-refractivity contribution >= 4 is 23.4 Å². The van der Waals surface area contributed by atoms with Gasteiger partial charge in [-0.25, -0.2) is 4.79 Å². The summed E-state index contributed by atoms with van der Waals surface area (Å²) in [4.78, 5) is 11.5. The van der Waals surface area contributed by atoms with E-state index in [2.05, 4.69) is 5.32 Å². The molecular weight excluding hydrogens is 234 g/mol. The predicted octanol–water partition coefficient (Wildman–Crippen LogP) is 2.76. The van der Waals surface area contributed by atoms with Crippen molar-refractivity contribution in [2.24, 2.45) is 0 Å². The van der Waals surface area contributed by atoms with Gasteiger partial charge in [0.2, 0.25) is 0 Å². The van der Waals surface area contributed by atoms with Crippen LogP contribution in [0.5, 0.6) is 0 Å². The summed E-state index contributed by atoms with van der Waals surface area (Å²) in [6.07, 6.45) is 1.65. The molecule has 1 aliphatic rings. The highest BCUT2D eigenvalue weighted by Gasteiger charge is 2.40. The molecule has 3 nitrogen and oxygen atoms in total. The van der Waals surface area contributed by atoms with Gasteiger partial charge in [0.15, 0.2) is 0 Å². The van der Waals surface area contributed by atoms with Gasteiger partial charge >= 0.3 is 5.97 Å². The molecule has 2 rings (SSSR count). The fourth-order valence-electron chi connectivity index (χ4n) is 2.11. The van der Waals surface area contributed by atoms with Crippen molar-refractivity contribution in [2.45, 2.75) is 25.3 Å². The normalized spacial score (nSPS) is 24.3. The largest absolute Gasteiger partial charge is 0.479 e. The van der Waals surface area contributed by atoms with Gasteiger partial charge in [0.25, 0.3) is 0 Å². The van der Waals surface area contributed by atoms with E-state index in [9.17, 15) is 9.90 Å². The molecule has 1 aromatic carbocycles. The minimum absolute atomic E-state index is 0.635. The van der Waals surface area contributed by atoms with E-state index in [1.54, 1.807) is 11.8 Å². The van der Waals surface area contributed by atoms with Crippen molar-refractivity contribution in [1.82, 2.24) is 0 Å². The molecule has 1 unspecified atom stereocenters. The van der Waals surface area contributed by atoms with Gasteiger partial charge in [-0.3, -0.25) is 0 Å². The third-order valence-electron chi connectivity index (χ3n) is 3.05. The first-order chi connectivity index (χ1) is 8.12. The van der Waals surface area contributed by atoms with Gasteiger partial charge in [0.05, 0.1) is 0 Å². The van der Waals surface area contributed by atoms with Gasteiger partial charge in [-0.1, -0.05) is 12.1 Å². The molecule has 1 fully saturated rings. The molecule has 1 saturated heterocycles. The van der Waals surface area contributed by atoms with Gasteiger partial charge < -0.3 is 10.4 Å². The topological polar surface area (TPSA) is 49.3 Å². The van der Waals surface area contributed by atoms with Crippen LogP contribution in [0.3, 0.4) is 0 Å². The number of carbonyl (C=O) groups is 1. The third-order valence-corrected chi connectivity index (χ3v) is 4.33. The zero-order chi connectivity index (χ0) is 12.3. The van der Waals surface area contributed by atoms with Gasteiger partial charge in [-0.2, -0.15) is 11.8 Å². The number of hydrogen-bond acceptors (Lipinski definition) is 3. The smallest absolute Gasteiger partial charge is 0.330 e. The van der Waals surface area contributed by atoms with E-state index >= 15 is 0 Å². The van der Waals surface area contributed by atoms with Crippen molar-refractivity contribution in [2.75, 3.05) is 16.8 Å². The Hall–Kier alpha value is -1.16. The van der Waals surface area contributed by atoms with Crippen LogP contribution in [0.15, 0.2) is 24.3 Å². The second-order valence-electron chi connectivity index (χ2n) is 4.54. The number of carboxylic acid groups (broad SMARTS) is 1. The lowest BCUT2D eigenvalue weighted by Crippen LogP contribution is -2.50. The highest BCUT2D eigenvalue weighted by atomic mass is 32.2. The van der Waals surface area contributed by atoms with Crippen LogP contribution in [0.4, 0.5) is 5.69 Å². The Morgan fingerprint density at radius 2 is 2.35 bits per heavy atom. The molecular formula is C13H17NO2S. The lowest BCUT2D eigenvalue weighted by molar-refractivity contribution is -0.141. The third kappa shape index (κ3) is 2.75. The first kappa shape index (κ1) is 12.3. The average Bonchev–Trinajstić information content (AvgIpc) is 2.30. The first-order valence-corrected chi connectivity index (χ1v) is 6.94. The SMILES string of the molecule is Cc1cccc(NC2(C(=O)O)CCCSC2)c1. The van der Waals surface area contributed by atoms with Crippen molar-refractivity contribution < 1.29 is 9.90 Å². The minimum Gasteiger partial charge on any atom is -0.479 e. The number of aryl methyl sites for hydroxylation is 1. The monoisotopic (exact) mass is 251 g/mol. The standard InChI is InChI=1S/C13H17NO2S/c1-10-4-2-5-11(8-10)14-13(12(15)16)6-3-7-17-9-13/h2,4-5,8,14H,3,6-7,9H2,1H3,(H,15,16). The maximum atomic E-state index is 11.5. The Kier molecular flexibility index (Phi) is 3.62. The molecule has 17 heavy (non-hydrogen) atoms. The van der Waals surface area contributed by atoms with Crippen molar-refractivity contribution in [3.05, 3.63) is 29.8 Å². The van der Waals surface area contributed by atoms with E-state index < -0.39 is 11.5 Å². The van der Waals surface area contributed by atoms with Gasteiger partial charge in [-0.05, 0) is 43.2 Å². The van der Waals surface area contributed by atoms with Crippen LogP contribution in [-0.4, -0.2) is 28.1 Å². The molecule has 0 aromatic heterocycles. The fraction of sp³-hybridized carbons (Fsp3) is 0.462. The van der Waals surface area contributed by atoms with E-state index in [1.165, 1.54) is 0 Å². The maximum absolute atomic E-state index is 11.5. The second-order valence-corrected chi connectivity index (χ2v) is 5.64. The summed E-state index contributed by atoms with van der Waals surface area (Å²) < 4.78 is 0. The number of carboxylic acids is 1. The predicted molar refractivity (Wildman–Crippen MR) is 71.7 cm³/mol. The van der Waals surface area contributed by atoms with E-state index in [0.29, 0.717) is 12.2 Å².